The molecule has 16 heavy (non-hydrogen) atoms. The Bertz CT molecular complexity index is 348. The third-order valence-corrected chi connectivity index (χ3v) is 2.55. The molecule has 3 nitrogen and oxygen atoms in total. The predicted octanol–water partition coefficient (Wildman–Crippen LogP) is 2.33. The number of ether oxygens (including phenoxy) is 1. The third kappa shape index (κ3) is 3.42. The fourth-order valence-corrected chi connectivity index (χ4v) is 1.88. The Balaban J connectivity index is 2.81. The monoisotopic (exact) mass is 223 g/mol. The van der Waals surface area contributed by atoms with Crippen molar-refractivity contribution < 1.29 is 9.84 Å². The van der Waals surface area contributed by atoms with E-state index in [-0.39, 0.29) is 11.3 Å². The minimum absolute atomic E-state index is 0.0523. The summed E-state index contributed by atoms with van der Waals surface area (Å²) < 4.78 is 5.09. The first kappa shape index (κ1) is 12.8. The topological polar surface area (TPSA) is 41.5 Å². The van der Waals surface area contributed by atoms with Gasteiger partial charge in [0.1, 0.15) is 0 Å². The second kappa shape index (κ2) is 5.21. The van der Waals surface area contributed by atoms with Crippen molar-refractivity contribution >= 4 is 0 Å². The first-order valence-electron chi connectivity index (χ1n) is 5.59. The Labute approximate surface area is 97.4 Å². The van der Waals surface area contributed by atoms with Crippen LogP contribution in [0.4, 0.5) is 0 Å². The molecule has 0 saturated heterocycles. The number of benzene rings is 1. The summed E-state index contributed by atoms with van der Waals surface area (Å²) in [4.78, 5) is 0. The van der Waals surface area contributed by atoms with Crippen molar-refractivity contribution in [1.29, 1.82) is 0 Å². The highest BCUT2D eigenvalue weighted by Crippen LogP contribution is 2.27. The molecule has 0 spiro atoms. The highest BCUT2D eigenvalue weighted by molar-refractivity contribution is 5.42. The van der Waals surface area contributed by atoms with Crippen LogP contribution in [0.3, 0.4) is 0 Å². The molecule has 0 aliphatic carbocycles. The average Bonchev–Trinajstić information content (AvgIpc) is 2.20. The van der Waals surface area contributed by atoms with Gasteiger partial charge in [0.25, 0.3) is 0 Å². The fourth-order valence-electron chi connectivity index (χ4n) is 1.88. The van der Waals surface area contributed by atoms with Crippen LogP contribution in [0.25, 0.3) is 0 Å². The molecule has 0 radical (unpaired) electrons. The number of phenols is 1. The lowest BCUT2D eigenvalue weighted by Gasteiger charge is -2.26. The molecule has 0 aliphatic rings. The molecule has 90 valence electrons. The highest BCUT2D eigenvalue weighted by Gasteiger charge is 2.17. The fraction of sp³-hybridized carbons (Fsp3) is 0.538. The summed E-state index contributed by atoms with van der Waals surface area (Å²) in [5, 5.41) is 12.9. The minimum Gasteiger partial charge on any atom is -0.504 e. The number of likely N-dealkylation sites (N-methyl/N-ethyl adjacent to an activating group) is 1. The van der Waals surface area contributed by atoms with Crippen LogP contribution in [0, 0.1) is 0 Å². The molecule has 0 heterocycles. The zero-order chi connectivity index (χ0) is 12.2. The van der Waals surface area contributed by atoms with Gasteiger partial charge in [0.05, 0.1) is 7.11 Å². The zero-order valence-electron chi connectivity index (χ0n) is 10.5. The van der Waals surface area contributed by atoms with E-state index in [1.54, 1.807) is 13.2 Å². The number of phenolic OH excluding ortho intramolecular Hbond substituents is 1. The molecule has 0 saturated carbocycles. The Hall–Kier alpha value is -1.22. The molecule has 0 fully saturated rings. The van der Waals surface area contributed by atoms with Crippen molar-refractivity contribution in [3.8, 4) is 11.5 Å². The smallest absolute Gasteiger partial charge is 0.160 e. The summed E-state index contributed by atoms with van der Waals surface area (Å²) >= 11 is 0. The molecule has 0 aliphatic heterocycles. The van der Waals surface area contributed by atoms with Crippen LogP contribution in [0.2, 0.25) is 0 Å². The van der Waals surface area contributed by atoms with E-state index in [0.717, 1.165) is 18.5 Å². The van der Waals surface area contributed by atoms with E-state index in [1.165, 1.54) is 0 Å². The van der Waals surface area contributed by atoms with Gasteiger partial charge in [0.2, 0.25) is 0 Å². The summed E-state index contributed by atoms with van der Waals surface area (Å²) in [7, 11) is 1.56. The van der Waals surface area contributed by atoms with Crippen LogP contribution in [0.5, 0.6) is 11.5 Å². The molecule has 1 aromatic carbocycles. The van der Waals surface area contributed by atoms with Gasteiger partial charge in [-0.15, -0.1) is 0 Å². The SMILES string of the molecule is CCNC(C)(C)Cc1ccc(O)c(OC)c1. The van der Waals surface area contributed by atoms with Crippen LogP contribution < -0.4 is 10.1 Å². The largest absolute Gasteiger partial charge is 0.504 e. The van der Waals surface area contributed by atoms with Gasteiger partial charge in [-0.05, 0) is 44.5 Å². The molecule has 3 heteroatoms. The van der Waals surface area contributed by atoms with Gasteiger partial charge in [-0.2, -0.15) is 0 Å². The van der Waals surface area contributed by atoms with Crippen molar-refractivity contribution in [2.24, 2.45) is 0 Å². The molecule has 0 aromatic heterocycles. The normalized spacial score (nSPS) is 11.5. The van der Waals surface area contributed by atoms with E-state index < -0.39 is 0 Å². The molecular weight excluding hydrogens is 202 g/mol. The second-order valence-corrected chi connectivity index (χ2v) is 4.60. The lowest BCUT2D eigenvalue weighted by Crippen LogP contribution is -2.41. The van der Waals surface area contributed by atoms with Gasteiger partial charge >= 0.3 is 0 Å². The van der Waals surface area contributed by atoms with Gasteiger partial charge in [0.15, 0.2) is 11.5 Å². The maximum absolute atomic E-state index is 9.50. The van der Waals surface area contributed by atoms with Crippen LogP contribution in [-0.2, 0) is 6.42 Å². The number of nitrogens with one attached hydrogen (secondary N) is 1. The molecule has 1 rings (SSSR count). The molecular formula is C13H21NO2. The Morgan fingerprint density at radius 3 is 2.62 bits per heavy atom. The third-order valence-electron chi connectivity index (χ3n) is 2.55. The molecule has 0 amide bonds. The van der Waals surface area contributed by atoms with Gasteiger partial charge in [-0.1, -0.05) is 13.0 Å². The van der Waals surface area contributed by atoms with Crippen molar-refractivity contribution in [2.75, 3.05) is 13.7 Å². The van der Waals surface area contributed by atoms with Crippen molar-refractivity contribution in [3.05, 3.63) is 23.8 Å². The van der Waals surface area contributed by atoms with Crippen molar-refractivity contribution in [2.45, 2.75) is 32.7 Å². The molecule has 0 atom stereocenters. The highest BCUT2D eigenvalue weighted by atomic mass is 16.5. The second-order valence-electron chi connectivity index (χ2n) is 4.60. The van der Waals surface area contributed by atoms with Gasteiger partial charge in [-0.3, -0.25) is 0 Å². The number of rotatable bonds is 5. The van der Waals surface area contributed by atoms with E-state index in [2.05, 4.69) is 26.1 Å². The molecule has 2 N–H and O–H groups in total. The standard InChI is InChI=1S/C13H21NO2/c1-5-14-13(2,3)9-10-6-7-11(15)12(8-10)16-4/h6-8,14-15H,5,9H2,1-4H3. The van der Waals surface area contributed by atoms with Crippen molar-refractivity contribution in [3.63, 3.8) is 0 Å². The van der Waals surface area contributed by atoms with Gasteiger partial charge in [0, 0.05) is 5.54 Å². The molecule has 0 unspecified atom stereocenters. The summed E-state index contributed by atoms with van der Waals surface area (Å²) in [5.74, 6) is 0.720. The van der Waals surface area contributed by atoms with Crippen LogP contribution in [-0.4, -0.2) is 24.3 Å². The first-order chi connectivity index (χ1) is 7.48. The van der Waals surface area contributed by atoms with Gasteiger partial charge in [-0.25, -0.2) is 0 Å². The predicted molar refractivity (Wildman–Crippen MR) is 66.1 cm³/mol. The Kier molecular flexibility index (Phi) is 4.19. The summed E-state index contributed by atoms with van der Waals surface area (Å²) in [6, 6.07) is 5.49. The number of hydrogen-bond acceptors (Lipinski definition) is 3. The zero-order valence-corrected chi connectivity index (χ0v) is 10.5. The lowest BCUT2D eigenvalue weighted by atomic mass is 9.94. The summed E-state index contributed by atoms with van der Waals surface area (Å²) in [6.45, 7) is 7.37. The maximum Gasteiger partial charge on any atom is 0.160 e. The summed E-state index contributed by atoms with van der Waals surface area (Å²) in [6.07, 6.45) is 0.900. The first-order valence-corrected chi connectivity index (χ1v) is 5.59. The lowest BCUT2D eigenvalue weighted by molar-refractivity contribution is 0.369. The number of hydrogen-bond donors (Lipinski definition) is 2. The number of aromatic hydroxyl groups is 1. The van der Waals surface area contributed by atoms with E-state index in [0.29, 0.717) is 5.75 Å². The van der Waals surface area contributed by atoms with Crippen LogP contribution in [0.15, 0.2) is 18.2 Å². The van der Waals surface area contributed by atoms with E-state index in [4.69, 9.17) is 4.74 Å². The van der Waals surface area contributed by atoms with Crippen LogP contribution >= 0.6 is 0 Å². The quantitative estimate of drug-likeness (QED) is 0.805. The van der Waals surface area contributed by atoms with E-state index in [9.17, 15) is 5.11 Å². The Morgan fingerprint density at radius 2 is 2.06 bits per heavy atom. The van der Waals surface area contributed by atoms with Crippen LogP contribution in [0.1, 0.15) is 26.3 Å². The number of methoxy groups -OCH3 is 1. The Morgan fingerprint density at radius 1 is 1.38 bits per heavy atom. The van der Waals surface area contributed by atoms with E-state index in [1.807, 2.05) is 12.1 Å². The maximum atomic E-state index is 9.50. The molecule has 1 aromatic rings. The van der Waals surface area contributed by atoms with Crippen molar-refractivity contribution in [1.82, 2.24) is 5.32 Å². The summed E-state index contributed by atoms with van der Waals surface area (Å²) in [5.41, 5.74) is 1.21. The van der Waals surface area contributed by atoms with Gasteiger partial charge < -0.3 is 15.2 Å². The van der Waals surface area contributed by atoms with E-state index >= 15 is 0 Å². The minimum atomic E-state index is 0.0523. The average molecular weight is 223 g/mol. The molecule has 0 bridgehead atoms.